The molecule has 1 atom stereocenters. The smallest absolute Gasteiger partial charge is 0.338 e. The summed E-state index contributed by atoms with van der Waals surface area (Å²) in [5, 5.41) is 2.92. The second-order valence-electron chi connectivity index (χ2n) is 7.07. The Labute approximate surface area is 164 Å². The maximum atomic E-state index is 12.7. The number of esters is 1. The lowest BCUT2D eigenvalue weighted by atomic mass is 9.93. The molecule has 6 heteroatoms. The van der Waals surface area contributed by atoms with Gasteiger partial charge in [-0.15, -0.1) is 0 Å². The molecule has 3 heterocycles. The second-order valence-corrected chi connectivity index (χ2v) is 7.94. The topological polar surface area (TPSA) is 45.1 Å². The van der Waals surface area contributed by atoms with Crippen LogP contribution >= 0.6 is 11.8 Å². The Morgan fingerprint density at radius 2 is 2.07 bits per heavy atom. The van der Waals surface area contributed by atoms with Crippen molar-refractivity contribution < 1.29 is 9.53 Å². The third-order valence-corrected chi connectivity index (χ3v) is 6.07. The lowest BCUT2D eigenvalue weighted by Gasteiger charge is -2.34. The lowest BCUT2D eigenvalue weighted by Crippen LogP contribution is -2.34. The molecule has 0 bridgehead atoms. The fourth-order valence-electron chi connectivity index (χ4n) is 4.06. The van der Waals surface area contributed by atoms with E-state index in [9.17, 15) is 4.79 Å². The molecule has 1 aromatic rings. The van der Waals surface area contributed by atoms with Crippen LogP contribution in [0.15, 0.2) is 46.1 Å². The maximum absolute atomic E-state index is 12.7. The molecule has 5 nitrogen and oxygen atoms in total. The average molecular weight is 384 g/mol. The van der Waals surface area contributed by atoms with Crippen LogP contribution in [0.25, 0.3) is 0 Å². The summed E-state index contributed by atoms with van der Waals surface area (Å²) in [6.07, 6.45) is 4.52. The molecule has 27 heavy (non-hydrogen) atoms. The monoisotopic (exact) mass is 383 g/mol. The van der Waals surface area contributed by atoms with Gasteiger partial charge in [-0.3, -0.25) is 0 Å². The normalized spacial score (nSPS) is 21.6. The number of carbonyl (C=O) groups is 1. The van der Waals surface area contributed by atoms with E-state index in [0.717, 1.165) is 29.5 Å². The molecule has 3 aliphatic rings. The number of nitrogens with zero attached hydrogens (tertiary/aromatic N) is 3. The van der Waals surface area contributed by atoms with Gasteiger partial charge in [0.2, 0.25) is 0 Å². The van der Waals surface area contributed by atoms with Gasteiger partial charge in [-0.2, -0.15) is 0 Å². The number of allylic oxidation sites excluding steroid dienone is 1. The van der Waals surface area contributed by atoms with Crippen LogP contribution in [-0.4, -0.2) is 35.7 Å². The van der Waals surface area contributed by atoms with Crippen molar-refractivity contribution in [3.63, 3.8) is 0 Å². The molecule has 4 rings (SSSR count). The summed E-state index contributed by atoms with van der Waals surface area (Å²) in [4.78, 5) is 21.9. The number of rotatable bonds is 4. The number of aliphatic imine (C=N–C) groups is 1. The Bertz CT molecular complexity index is 853. The van der Waals surface area contributed by atoms with Gasteiger partial charge < -0.3 is 14.5 Å². The highest BCUT2D eigenvalue weighted by molar-refractivity contribution is 8.16. The number of hydrogen-bond donors (Lipinski definition) is 0. The minimum Gasteiger partial charge on any atom is -0.463 e. The molecule has 0 N–H and O–H groups in total. The molecule has 0 saturated carbocycles. The van der Waals surface area contributed by atoms with Crippen molar-refractivity contribution in [3.05, 3.63) is 52.2 Å². The van der Waals surface area contributed by atoms with Crippen LogP contribution < -0.4 is 4.90 Å². The van der Waals surface area contributed by atoms with Crippen molar-refractivity contribution in [3.8, 4) is 0 Å². The van der Waals surface area contributed by atoms with E-state index in [0.29, 0.717) is 12.2 Å². The van der Waals surface area contributed by atoms with Crippen molar-refractivity contribution in [2.75, 3.05) is 24.6 Å². The van der Waals surface area contributed by atoms with Crippen molar-refractivity contribution in [2.24, 2.45) is 4.99 Å². The number of hydrogen-bond acceptors (Lipinski definition) is 6. The maximum Gasteiger partial charge on any atom is 0.338 e. The predicted molar refractivity (Wildman–Crippen MR) is 111 cm³/mol. The first kappa shape index (κ1) is 18.2. The van der Waals surface area contributed by atoms with Crippen LogP contribution in [0.5, 0.6) is 0 Å². The van der Waals surface area contributed by atoms with E-state index in [-0.39, 0.29) is 12.0 Å². The van der Waals surface area contributed by atoms with Gasteiger partial charge in [-0.05, 0) is 56.2 Å². The standard InChI is InChI=1S/C21H25N3O2S/c1-4-26-20(25)18-15(3)22-21-24(11-12-27-21)19(18)16-7-8-17(14(2)13-16)23-9-5-6-10-23/h7-8,11-13,19H,4-6,9-10H2,1-3H3. The lowest BCUT2D eigenvalue weighted by molar-refractivity contribution is -0.139. The largest absolute Gasteiger partial charge is 0.463 e. The third kappa shape index (κ3) is 3.27. The molecule has 0 amide bonds. The van der Waals surface area contributed by atoms with Gasteiger partial charge in [0.05, 0.1) is 23.9 Å². The highest BCUT2D eigenvalue weighted by atomic mass is 32.2. The van der Waals surface area contributed by atoms with Crippen molar-refractivity contribution in [1.29, 1.82) is 0 Å². The highest BCUT2D eigenvalue weighted by Crippen LogP contribution is 2.42. The summed E-state index contributed by atoms with van der Waals surface area (Å²) in [5.41, 5.74) is 5.00. The van der Waals surface area contributed by atoms with E-state index >= 15 is 0 Å². The van der Waals surface area contributed by atoms with Crippen LogP contribution in [0.4, 0.5) is 5.69 Å². The SMILES string of the molecule is CCOC(=O)C1=C(C)N=C2SC=CN2C1c1ccc(N2CCCC2)c(C)c1. The number of anilines is 1. The van der Waals surface area contributed by atoms with E-state index in [1.807, 2.05) is 25.5 Å². The Morgan fingerprint density at radius 3 is 2.78 bits per heavy atom. The van der Waals surface area contributed by atoms with Crippen LogP contribution in [0, 0.1) is 6.92 Å². The molecule has 1 aromatic carbocycles. The van der Waals surface area contributed by atoms with Crippen LogP contribution in [-0.2, 0) is 9.53 Å². The van der Waals surface area contributed by atoms with Crippen molar-refractivity contribution >= 4 is 28.6 Å². The Balaban J connectivity index is 1.75. The number of benzene rings is 1. The van der Waals surface area contributed by atoms with Gasteiger partial charge in [0.1, 0.15) is 0 Å². The molecule has 1 unspecified atom stereocenters. The minimum absolute atomic E-state index is 0.200. The first-order chi connectivity index (χ1) is 13.1. The van der Waals surface area contributed by atoms with Gasteiger partial charge in [0.25, 0.3) is 0 Å². The predicted octanol–water partition coefficient (Wildman–Crippen LogP) is 4.36. The van der Waals surface area contributed by atoms with Crippen LogP contribution in [0.2, 0.25) is 0 Å². The molecule has 1 fully saturated rings. The number of aryl methyl sites for hydroxylation is 1. The average Bonchev–Trinajstić information content (AvgIpc) is 3.32. The summed E-state index contributed by atoms with van der Waals surface area (Å²) >= 11 is 1.58. The van der Waals surface area contributed by atoms with Gasteiger partial charge in [-0.25, -0.2) is 9.79 Å². The van der Waals surface area contributed by atoms with E-state index < -0.39 is 0 Å². The number of ether oxygens (including phenoxy) is 1. The Morgan fingerprint density at radius 1 is 1.30 bits per heavy atom. The molecule has 0 aromatic heterocycles. The summed E-state index contributed by atoms with van der Waals surface area (Å²) in [7, 11) is 0. The molecule has 0 aliphatic carbocycles. The number of carbonyl (C=O) groups excluding carboxylic acids is 1. The number of fused-ring (bicyclic) bond motifs is 1. The molecule has 1 saturated heterocycles. The Hall–Kier alpha value is -2.21. The third-order valence-electron chi connectivity index (χ3n) is 5.30. The highest BCUT2D eigenvalue weighted by Gasteiger charge is 2.37. The fourth-order valence-corrected chi connectivity index (χ4v) is 4.85. The fraction of sp³-hybridized carbons (Fsp3) is 0.429. The molecule has 3 aliphatic heterocycles. The van der Waals surface area contributed by atoms with Crippen molar-refractivity contribution in [2.45, 2.75) is 39.7 Å². The molecule has 0 radical (unpaired) electrons. The van der Waals surface area contributed by atoms with Gasteiger partial charge in [0.15, 0.2) is 5.17 Å². The zero-order chi connectivity index (χ0) is 19.0. The summed E-state index contributed by atoms with van der Waals surface area (Å²) in [5.74, 6) is -0.283. The molecular formula is C21H25N3O2S. The van der Waals surface area contributed by atoms with Crippen LogP contribution in [0.3, 0.4) is 0 Å². The first-order valence-corrected chi connectivity index (χ1v) is 10.4. The summed E-state index contributed by atoms with van der Waals surface area (Å²) in [6, 6.07) is 6.36. The quantitative estimate of drug-likeness (QED) is 0.723. The molecule has 142 valence electrons. The first-order valence-electron chi connectivity index (χ1n) is 9.54. The van der Waals surface area contributed by atoms with E-state index in [4.69, 9.17) is 4.74 Å². The van der Waals surface area contributed by atoms with E-state index in [1.165, 1.54) is 24.1 Å². The van der Waals surface area contributed by atoms with Gasteiger partial charge in [-0.1, -0.05) is 23.9 Å². The molecule has 0 spiro atoms. The van der Waals surface area contributed by atoms with Crippen LogP contribution in [0.1, 0.15) is 43.9 Å². The zero-order valence-corrected chi connectivity index (χ0v) is 16.9. The van der Waals surface area contributed by atoms with Gasteiger partial charge in [0, 0.05) is 25.0 Å². The summed E-state index contributed by atoms with van der Waals surface area (Å²) in [6.45, 7) is 8.49. The van der Waals surface area contributed by atoms with Crippen molar-refractivity contribution in [1.82, 2.24) is 4.90 Å². The minimum atomic E-state index is -0.283. The van der Waals surface area contributed by atoms with E-state index in [2.05, 4.69) is 39.9 Å². The Kier molecular flexibility index (Phi) is 5.00. The zero-order valence-electron chi connectivity index (χ0n) is 16.1. The number of thioether (sulfide) groups is 1. The van der Waals surface area contributed by atoms with Gasteiger partial charge >= 0.3 is 5.97 Å². The van der Waals surface area contributed by atoms with E-state index in [1.54, 1.807) is 11.8 Å². The summed E-state index contributed by atoms with van der Waals surface area (Å²) < 4.78 is 5.36. The molecular weight excluding hydrogens is 358 g/mol. The number of amidine groups is 1. The second kappa shape index (κ2) is 7.43.